The summed E-state index contributed by atoms with van der Waals surface area (Å²) in [5.74, 6) is 1.71. The van der Waals surface area contributed by atoms with Crippen molar-refractivity contribution in [2.24, 2.45) is 0 Å². The molecule has 2 aromatic heterocycles. The third-order valence-electron chi connectivity index (χ3n) is 5.91. The maximum Gasteiger partial charge on any atom is 0.253 e. The number of hydrogen-bond donors (Lipinski definition) is 4. The third-order valence-corrected chi connectivity index (χ3v) is 5.91. The Morgan fingerprint density at radius 1 is 1.11 bits per heavy atom. The number of anilines is 4. The molecule has 184 valence electrons. The van der Waals surface area contributed by atoms with E-state index in [4.69, 9.17) is 9.40 Å². The van der Waals surface area contributed by atoms with E-state index >= 15 is 0 Å². The number of rotatable bonds is 8. The largest absolute Gasteiger partial charge is 0.420 e. The molecule has 1 aliphatic rings. The first-order valence-corrected chi connectivity index (χ1v) is 11.8. The van der Waals surface area contributed by atoms with Gasteiger partial charge in [0.2, 0.25) is 17.7 Å². The molecule has 2 aromatic carbocycles. The number of aliphatic hydroxyl groups is 1. The summed E-state index contributed by atoms with van der Waals surface area (Å²) in [5, 5.41) is 27.9. The summed E-state index contributed by atoms with van der Waals surface area (Å²) in [5.41, 5.74) is 4.10. The summed E-state index contributed by atoms with van der Waals surface area (Å²) in [4.78, 5) is 20.8. The lowest BCUT2D eigenvalue weighted by Crippen LogP contribution is -2.19. The first kappa shape index (κ1) is 23.4. The van der Waals surface area contributed by atoms with Gasteiger partial charge in [-0.2, -0.15) is 4.98 Å². The van der Waals surface area contributed by atoms with E-state index in [0.29, 0.717) is 42.0 Å². The molecule has 0 saturated heterocycles. The Morgan fingerprint density at radius 2 is 1.94 bits per heavy atom. The molecule has 36 heavy (non-hydrogen) atoms. The van der Waals surface area contributed by atoms with Crippen LogP contribution in [0.25, 0.3) is 11.5 Å². The fourth-order valence-corrected chi connectivity index (χ4v) is 3.96. The van der Waals surface area contributed by atoms with E-state index in [1.54, 1.807) is 6.20 Å². The highest BCUT2D eigenvalue weighted by molar-refractivity contribution is 5.94. The highest BCUT2D eigenvalue weighted by atomic mass is 16.4. The lowest BCUT2D eigenvalue weighted by Gasteiger charge is -2.20. The van der Waals surface area contributed by atoms with Crippen molar-refractivity contribution in [3.05, 3.63) is 71.7 Å². The van der Waals surface area contributed by atoms with E-state index in [1.165, 1.54) is 0 Å². The fraction of sp³-hybridized carbons (Fsp3) is 0.269. The van der Waals surface area contributed by atoms with Crippen LogP contribution in [0.2, 0.25) is 0 Å². The number of aliphatic hydroxyl groups excluding tert-OH is 1. The number of fused-ring (bicyclic) bond motifs is 1. The van der Waals surface area contributed by atoms with Crippen molar-refractivity contribution in [1.29, 1.82) is 0 Å². The van der Waals surface area contributed by atoms with Gasteiger partial charge in [0.15, 0.2) is 0 Å². The zero-order chi connectivity index (χ0) is 25.1. The lowest BCUT2D eigenvalue weighted by atomic mass is 10.0. The summed E-state index contributed by atoms with van der Waals surface area (Å²) in [7, 11) is 0. The van der Waals surface area contributed by atoms with Gasteiger partial charge in [-0.05, 0) is 35.7 Å². The molecule has 0 spiro atoms. The number of nitrogens with zero attached hydrogens (tertiary/aromatic N) is 4. The summed E-state index contributed by atoms with van der Waals surface area (Å²) < 4.78 is 5.86. The molecule has 1 aliphatic heterocycles. The van der Waals surface area contributed by atoms with Gasteiger partial charge in [0.25, 0.3) is 5.89 Å². The van der Waals surface area contributed by atoms with Crippen LogP contribution in [-0.2, 0) is 11.2 Å². The average Bonchev–Trinajstić information content (AvgIpc) is 3.39. The molecule has 4 aromatic rings. The van der Waals surface area contributed by atoms with Crippen LogP contribution in [0.15, 0.2) is 59.1 Å². The van der Waals surface area contributed by atoms with Crippen LogP contribution >= 0.6 is 0 Å². The molecule has 1 atom stereocenters. The number of hydrogen-bond acceptors (Lipinski definition) is 9. The van der Waals surface area contributed by atoms with E-state index in [9.17, 15) is 9.90 Å². The van der Waals surface area contributed by atoms with Gasteiger partial charge in [0.05, 0.1) is 18.2 Å². The number of benzene rings is 2. The van der Waals surface area contributed by atoms with Gasteiger partial charge in [-0.15, -0.1) is 10.2 Å². The first-order valence-electron chi connectivity index (χ1n) is 11.8. The molecule has 0 radical (unpaired) electrons. The maximum atomic E-state index is 11.7. The number of carbonyl (C=O) groups is 1. The summed E-state index contributed by atoms with van der Waals surface area (Å²) in [6.45, 7) is 3.80. The van der Waals surface area contributed by atoms with Crippen LogP contribution < -0.4 is 16.0 Å². The molecule has 3 heterocycles. The van der Waals surface area contributed by atoms with Crippen LogP contribution in [0, 0.1) is 0 Å². The highest BCUT2D eigenvalue weighted by Crippen LogP contribution is 2.31. The zero-order valence-corrected chi connectivity index (χ0v) is 20.0. The number of amides is 1. The molecule has 0 fully saturated rings. The topological polar surface area (TPSA) is 138 Å². The molecule has 0 saturated carbocycles. The van der Waals surface area contributed by atoms with Crippen molar-refractivity contribution in [3.63, 3.8) is 0 Å². The second-order valence-corrected chi connectivity index (χ2v) is 8.89. The Bertz CT molecular complexity index is 1370. The molecule has 10 nitrogen and oxygen atoms in total. The van der Waals surface area contributed by atoms with Crippen molar-refractivity contribution in [1.82, 2.24) is 20.2 Å². The van der Waals surface area contributed by atoms with Crippen molar-refractivity contribution in [2.75, 3.05) is 22.6 Å². The van der Waals surface area contributed by atoms with Crippen molar-refractivity contribution >= 4 is 29.0 Å². The fourth-order valence-electron chi connectivity index (χ4n) is 3.96. The van der Waals surface area contributed by atoms with Gasteiger partial charge in [-0.25, -0.2) is 4.98 Å². The van der Waals surface area contributed by atoms with Crippen molar-refractivity contribution in [2.45, 2.75) is 38.6 Å². The summed E-state index contributed by atoms with van der Waals surface area (Å²) in [6, 6.07) is 14.9. The maximum absolute atomic E-state index is 11.7. The minimum absolute atomic E-state index is 0.0244. The van der Waals surface area contributed by atoms with E-state index in [2.05, 4.69) is 31.1 Å². The monoisotopic (exact) mass is 485 g/mol. The van der Waals surface area contributed by atoms with E-state index in [0.717, 1.165) is 22.5 Å². The van der Waals surface area contributed by atoms with Crippen molar-refractivity contribution < 1.29 is 14.3 Å². The number of carbonyl (C=O) groups excluding carboxylic acids is 1. The van der Waals surface area contributed by atoms with Crippen LogP contribution in [0.3, 0.4) is 0 Å². The molecule has 0 aliphatic carbocycles. The van der Waals surface area contributed by atoms with Crippen LogP contribution in [0.1, 0.15) is 49.2 Å². The van der Waals surface area contributed by atoms with E-state index < -0.39 is 6.04 Å². The third kappa shape index (κ3) is 5.03. The normalized spacial score (nSPS) is 13.7. The molecule has 0 bridgehead atoms. The Balaban J connectivity index is 1.48. The Labute approximate surface area is 208 Å². The Hall–Kier alpha value is -4.31. The van der Waals surface area contributed by atoms with Gasteiger partial charge in [0.1, 0.15) is 5.82 Å². The van der Waals surface area contributed by atoms with Gasteiger partial charge in [-0.3, -0.25) is 4.79 Å². The first-order chi connectivity index (χ1) is 17.5. The van der Waals surface area contributed by atoms with E-state index in [1.807, 2.05) is 62.4 Å². The molecule has 5 rings (SSSR count). The standard InChI is InChI=1S/C26H27N7O3/c1-15(2)24-32-33-25(36-24)19-13-27-26(28-18-9-10-20-17(12-18)8-11-22(35)29-20)31-23(19)30-21(14-34)16-6-4-3-5-7-16/h3-7,9-10,12-13,15,21,34H,8,11,14H2,1-2H3,(H,29,35)(H2,27,28,30,31)/t21-/m1/s1. The summed E-state index contributed by atoms with van der Waals surface area (Å²) >= 11 is 0. The molecule has 10 heteroatoms. The smallest absolute Gasteiger partial charge is 0.253 e. The highest BCUT2D eigenvalue weighted by Gasteiger charge is 2.21. The minimum Gasteiger partial charge on any atom is -0.420 e. The molecule has 4 N–H and O–H groups in total. The van der Waals surface area contributed by atoms with Gasteiger partial charge in [0, 0.05) is 29.9 Å². The van der Waals surface area contributed by atoms with Crippen LogP contribution in [0.5, 0.6) is 0 Å². The van der Waals surface area contributed by atoms with Gasteiger partial charge < -0.3 is 25.5 Å². The number of nitrogens with one attached hydrogen (secondary N) is 3. The molecule has 0 unspecified atom stereocenters. The lowest BCUT2D eigenvalue weighted by molar-refractivity contribution is -0.116. The summed E-state index contributed by atoms with van der Waals surface area (Å²) in [6.07, 6.45) is 2.75. The molecule has 1 amide bonds. The SMILES string of the molecule is CC(C)c1nnc(-c2cnc(Nc3ccc4c(c3)CCC(=O)N4)nc2N[C@H](CO)c2ccccc2)o1. The molecular weight excluding hydrogens is 458 g/mol. The second-order valence-electron chi connectivity index (χ2n) is 8.89. The van der Waals surface area contributed by atoms with Gasteiger partial charge >= 0.3 is 0 Å². The number of aromatic nitrogens is 4. The zero-order valence-electron chi connectivity index (χ0n) is 20.0. The Kier molecular flexibility index (Phi) is 6.59. The predicted octanol–water partition coefficient (Wildman–Crippen LogP) is 4.42. The quantitative estimate of drug-likeness (QED) is 0.286. The van der Waals surface area contributed by atoms with Gasteiger partial charge in [-0.1, -0.05) is 44.2 Å². The van der Waals surface area contributed by atoms with Crippen molar-refractivity contribution in [3.8, 4) is 11.5 Å². The Morgan fingerprint density at radius 3 is 2.69 bits per heavy atom. The molecular formula is C26H27N7O3. The average molecular weight is 486 g/mol. The van der Waals surface area contributed by atoms with Crippen LogP contribution in [-0.4, -0.2) is 37.8 Å². The van der Waals surface area contributed by atoms with E-state index in [-0.39, 0.29) is 18.4 Å². The number of aryl methyl sites for hydroxylation is 1. The predicted molar refractivity (Wildman–Crippen MR) is 136 cm³/mol. The second kappa shape index (κ2) is 10.1. The minimum atomic E-state index is -0.410. The van der Waals surface area contributed by atoms with Crippen LogP contribution in [0.4, 0.5) is 23.1 Å².